The van der Waals surface area contributed by atoms with Crippen molar-refractivity contribution in [2.45, 2.75) is 5.41 Å². The smallest absolute Gasteiger partial charge is 0.256 e. The molecule has 8 nitrogen and oxygen atoms in total. The maximum atomic E-state index is 7.97. The second-order valence-electron chi connectivity index (χ2n) is 32.8. The maximum absolute atomic E-state index is 7.97. The third-order valence-electron chi connectivity index (χ3n) is 27.2. The Bertz CT molecular complexity index is 7620. The Morgan fingerprint density at radius 3 is 0.941 bits per heavy atom. The Labute approximate surface area is 684 Å². The topological polar surface area (TPSA) is 44.7 Å². The first-order valence-electron chi connectivity index (χ1n) is 41.3. The second kappa shape index (κ2) is 23.4. The first kappa shape index (κ1) is 63.8. The van der Waals surface area contributed by atoms with Gasteiger partial charge in [0.05, 0.1) is 49.9 Å². The van der Waals surface area contributed by atoms with Gasteiger partial charge in [0.25, 0.3) is 13.4 Å². The summed E-state index contributed by atoms with van der Waals surface area (Å²) in [5.74, 6) is 3.36. The number of aromatic nitrogens is 4. The van der Waals surface area contributed by atoms with Crippen molar-refractivity contribution in [2.75, 3.05) is 9.80 Å². The van der Waals surface area contributed by atoms with E-state index in [0.717, 1.165) is 113 Å². The van der Waals surface area contributed by atoms with Gasteiger partial charge in [0.2, 0.25) is 0 Å². The van der Waals surface area contributed by atoms with Crippen LogP contribution in [0.5, 0.6) is 23.0 Å². The molecule has 4 aromatic heterocycles. The molecule has 8 heterocycles. The van der Waals surface area contributed by atoms with Crippen molar-refractivity contribution in [3.8, 4) is 68.0 Å². The third kappa shape index (κ3) is 8.33. The van der Waals surface area contributed by atoms with Crippen LogP contribution in [0.3, 0.4) is 0 Å². The van der Waals surface area contributed by atoms with Gasteiger partial charge < -0.3 is 37.5 Å². The van der Waals surface area contributed by atoms with Gasteiger partial charge in [0.15, 0.2) is 0 Å². The highest BCUT2D eigenvalue weighted by atomic mass is 16.5. The zero-order valence-corrected chi connectivity index (χ0v) is 64.1. The number of ether oxygens (including phenoxy) is 2. The minimum absolute atomic E-state index is 0.204. The molecule has 4 aliphatic heterocycles. The highest BCUT2D eigenvalue weighted by Crippen LogP contribution is 2.64. The molecule has 0 fully saturated rings. The highest BCUT2D eigenvalue weighted by molar-refractivity contribution is 7.00. The SMILES string of the molecule is c1ccc(N(c2ccccc2)c2cc3c4c(c2)-n2c5ccc(-n6c7ccccc7c7ccccc76)cc5c5cccc(c52)B4c2cc4c(cc2O3)C2(c3ccccc3-4)c3ccccc3-c3cc4c(cc32)Oc2cc(N(c3ccccc3)c3ccccc3)cc3c2B4c2cccc4c5cc(-n6c7ccccc7c7ccccc76)ccc5n-3c24)cc1. The number of fused-ring (bicyclic) bond motifs is 30. The molecule has 119 heavy (non-hydrogen) atoms. The largest absolute Gasteiger partial charge is 0.458 e. The molecule has 0 atom stereocenters. The molecule has 0 saturated heterocycles. The highest BCUT2D eigenvalue weighted by Gasteiger charge is 2.55. The second-order valence-corrected chi connectivity index (χ2v) is 32.8. The summed E-state index contributed by atoms with van der Waals surface area (Å²) >= 11 is 0. The summed E-state index contributed by atoms with van der Waals surface area (Å²) in [5, 5.41) is 9.76. The summed E-state index contributed by atoms with van der Waals surface area (Å²) in [6, 6.07) is 145. The lowest BCUT2D eigenvalue weighted by Crippen LogP contribution is -2.58. The van der Waals surface area contributed by atoms with E-state index >= 15 is 0 Å². The number of nitrogens with zero attached hydrogens (tertiary/aromatic N) is 6. The van der Waals surface area contributed by atoms with Gasteiger partial charge in [-0.2, -0.15) is 0 Å². The molecule has 0 N–H and O–H groups in total. The van der Waals surface area contributed by atoms with Gasteiger partial charge in [-0.15, -0.1) is 0 Å². The summed E-state index contributed by atoms with van der Waals surface area (Å²) in [7, 11) is 0. The molecular weight excluding hydrogens is 1450 g/mol. The van der Waals surface area contributed by atoms with E-state index in [2.05, 4.69) is 416 Å². The molecule has 0 bridgehead atoms. The summed E-state index contributed by atoms with van der Waals surface area (Å²) in [6.45, 7) is -0.408. The fraction of sp³-hybridized carbons (Fsp3) is 0.00917. The van der Waals surface area contributed by atoms with E-state index in [9.17, 15) is 0 Å². The minimum atomic E-state index is -0.801. The van der Waals surface area contributed by atoms with Gasteiger partial charge in [-0.05, 0) is 211 Å². The Morgan fingerprint density at radius 2 is 0.555 bits per heavy atom. The molecule has 0 unspecified atom stereocenters. The Morgan fingerprint density at radius 1 is 0.218 bits per heavy atom. The van der Waals surface area contributed by atoms with Gasteiger partial charge >= 0.3 is 0 Å². The van der Waals surface area contributed by atoms with Crippen LogP contribution in [0.4, 0.5) is 34.1 Å². The zero-order valence-electron chi connectivity index (χ0n) is 64.1. The standard InChI is InChI=1S/C109H64B2N6O2/c1-5-27-65(28-6-1)112(66-29-7-2-8-30-66)71-57-99-105-103(59-71)118-101-63-87-81(61-91(101)110(105)89-45-25-41-79-83-55-69(51-53-97(83)116(99)107(79)89)114-93-47-21-15-37-75(93)76-38-16-22-48-94(76)114)73-35-13-19-43-85(73)109(87)86-44-20-14-36-74(86)82-62-92-102(64-88(82)109)119-104-60-72(113(67-31-9-3-10-32-67)68-33-11-4-12-34-68)58-100-106(104)111(92)90-46-26-42-80-84-56-70(52-54-98(84)117(100)108(80)90)115-95-49-23-17-39-77(95)78-40-18-24-50-96(78)115/h1-64H. The molecule has 28 rings (SSSR count). The van der Waals surface area contributed by atoms with Crippen molar-refractivity contribution >= 4 is 168 Å². The van der Waals surface area contributed by atoms with Crippen LogP contribution in [0.2, 0.25) is 0 Å². The molecule has 0 saturated carbocycles. The van der Waals surface area contributed by atoms with Gasteiger partial charge in [0, 0.05) is 112 Å². The fourth-order valence-electron chi connectivity index (χ4n) is 22.6. The van der Waals surface area contributed by atoms with Crippen molar-refractivity contribution < 1.29 is 9.47 Å². The molecule has 0 radical (unpaired) electrons. The van der Waals surface area contributed by atoms with E-state index in [1.165, 1.54) is 132 Å². The molecule has 22 aromatic rings. The molecular formula is C109H64B2N6O2. The maximum Gasteiger partial charge on any atom is 0.256 e. The Hall–Kier alpha value is -15.5. The van der Waals surface area contributed by atoms with Crippen LogP contribution in [-0.2, 0) is 5.41 Å². The number of para-hydroxylation sites is 10. The van der Waals surface area contributed by atoms with Gasteiger partial charge in [-0.25, -0.2) is 0 Å². The number of hydrogen-bond donors (Lipinski definition) is 0. The lowest BCUT2D eigenvalue weighted by molar-refractivity contribution is 0.485. The van der Waals surface area contributed by atoms with Crippen LogP contribution in [0.1, 0.15) is 22.3 Å². The summed E-state index contributed by atoms with van der Waals surface area (Å²) in [5.41, 5.74) is 36.0. The molecule has 548 valence electrons. The third-order valence-corrected chi connectivity index (χ3v) is 27.2. The van der Waals surface area contributed by atoms with Crippen LogP contribution in [0, 0.1) is 0 Å². The van der Waals surface area contributed by atoms with Crippen LogP contribution >= 0.6 is 0 Å². The van der Waals surface area contributed by atoms with Gasteiger partial charge in [0.1, 0.15) is 23.0 Å². The quantitative estimate of drug-likeness (QED) is 0.142. The Kier molecular flexibility index (Phi) is 12.5. The fourth-order valence-corrected chi connectivity index (χ4v) is 22.6. The molecule has 2 aliphatic carbocycles. The van der Waals surface area contributed by atoms with Crippen molar-refractivity contribution in [1.29, 1.82) is 0 Å². The van der Waals surface area contributed by atoms with Gasteiger partial charge in [-0.1, -0.05) is 243 Å². The molecule has 1 spiro atoms. The van der Waals surface area contributed by atoms with E-state index in [-0.39, 0.29) is 13.4 Å². The van der Waals surface area contributed by atoms with E-state index in [4.69, 9.17) is 9.47 Å². The predicted octanol–water partition coefficient (Wildman–Crippen LogP) is 23.2. The molecule has 6 aliphatic rings. The van der Waals surface area contributed by atoms with Crippen LogP contribution in [-0.4, -0.2) is 31.7 Å². The van der Waals surface area contributed by atoms with Crippen molar-refractivity contribution in [3.63, 3.8) is 0 Å². The number of rotatable bonds is 8. The van der Waals surface area contributed by atoms with E-state index in [1.54, 1.807) is 0 Å². The first-order chi connectivity index (χ1) is 59.1. The minimum Gasteiger partial charge on any atom is -0.458 e. The molecule has 18 aromatic carbocycles. The van der Waals surface area contributed by atoms with E-state index < -0.39 is 5.41 Å². The number of hydrogen-bond acceptors (Lipinski definition) is 4. The average molecular weight is 1510 g/mol. The number of anilines is 6. The lowest BCUT2D eigenvalue weighted by Gasteiger charge is -2.37. The van der Waals surface area contributed by atoms with Crippen LogP contribution < -0.4 is 52.1 Å². The summed E-state index contributed by atoms with van der Waals surface area (Å²) in [4.78, 5) is 4.77. The van der Waals surface area contributed by atoms with Crippen LogP contribution in [0.15, 0.2) is 388 Å². The van der Waals surface area contributed by atoms with E-state index in [1.807, 2.05) is 0 Å². The summed E-state index contributed by atoms with van der Waals surface area (Å²) < 4.78 is 26.0. The Balaban J connectivity index is 0.671. The average Bonchev–Trinajstić information content (AvgIpc) is 1.50. The van der Waals surface area contributed by atoms with Crippen molar-refractivity contribution in [3.05, 3.63) is 411 Å². The monoisotopic (exact) mass is 1510 g/mol. The van der Waals surface area contributed by atoms with Crippen molar-refractivity contribution in [1.82, 2.24) is 18.3 Å². The van der Waals surface area contributed by atoms with Crippen molar-refractivity contribution in [2.24, 2.45) is 0 Å². The van der Waals surface area contributed by atoms with Crippen LogP contribution in [0.25, 0.3) is 132 Å². The lowest BCUT2D eigenvalue weighted by atomic mass is 9.34. The van der Waals surface area contributed by atoms with Gasteiger partial charge in [-0.3, -0.25) is 0 Å². The molecule has 0 amide bonds. The number of benzene rings is 18. The van der Waals surface area contributed by atoms with E-state index in [0.29, 0.717) is 0 Å². The predicted molar refractivity (Wildman–Crippen MR) is 492 cm³/mol. The first-order valence-corrected chi connectivity index (χ1v) is 41.3. The summed E-state index contributed by atoms with van der Waals surface area (Å²) in [6.07, 6.45) is 0. The molecule has 10 heteroatoms. The normalized spacial score (nSPS) is 13.5. The zero-order chi connectivity index (χ0) is 77.2.